The summed E-state index contributed by atoms with van der Waals surface area (Å²) in [6, 6.07) is 1.61. The van der Waals surface area contributed by atoms with Gasteiger partial charge in [0.25, 0.3) is 0 Å². The van der Waals surface area contributed by atoms with Gasteiger partial charge in [0, 0.05) is 18.5 Å². The Bertz CT molecular complexity index is 414. The van der Waals surface area contributed by atoms with Crippen molar-refractivity contribution >= 4 is 33.0 Å². The lowest BCUT2D eigenvalue weighted by molar-refractivity contribution is 0.468. The number of alkyl halides is 1. The molecule has 3 nitrogen and oxygen atoms in total. The molecule has 0 saturated carbocycles. The lowest BCUT2D eigenvalue weighted by Crippen LogP contribution is -2.27. The topological polar surface area (TPSA) is 37.4 Å². The van der Waals surface area contributed by atoms with E-state index in [9.17, 15) is 8.42 Å². The molecule has 0 amide bonds. The number of hydrogen-bond acceptors (Lipinski definition) is 3. The molecule has 0 atom stereocenters. The van der Waals surface area contributed by atoms with Gasteiger partial charge in [0.05, 0.1) is 10.8 Å². The van der Waals surface area contributed by atoms with Crippen molar-refractivity contribution in [1.82, 2.24) is 4.31 Å². The summed E-state index contributed by atoms with van der Waals surface area (Å²) in [6.45, 7) is 2.47. The Hall–Kier alpha value is -0.100. The van der Waals surface area contributed by atoms with Crippen molar-refractivity contribution in [1.29, 1.82) is 0 Å². The first kappa shape index (κ1) is 13.0. The summed E-state index contributed by atoms with van der Waals surface area (Å²) in [5, 5.41) is 1.75. The summed E-state index contributed by atoms with van der Waals surface area (Å²) in [5.74, 6) is 0.242. The van der Waals surface area contributed by atoms with E-state index in [0.29, 0.717) is 16.3 Å². The molecule has 0 aliphatic rings. The maximum Gasteiger partial charge on any atom is 0.243 e. The molecule has 0 spiro atoms. The van der Waals surface area contributed by atoms with E-state index in [1.165, 1.54) is 15.6 Å². The third-order valence-electron chi connectivity index (χ3n) is 2.05. The minimum Gasteiger partial charge on any atom is -0.207 e. The van der Waals surface area contributed by atoms with Gasteiger partial charge >= 0.3 is 0 Å². The quantitative estimate of drug-likeness (QED) is 0.769. The van der Waals surface area contributed by atoms with Crippen LogP contribution in [0, 0.1) is 0 Å². The molecule has 0 aromatic carbocycles. The second-order valence-corrected chi connectivity index (χ2v) is 6.45. The van der Waals surface area contributed by atoms with E-state index < -0.39 is 10.0 Å². The highest BCUT2D eigenvalue weighted by molar-refractivity contribution is 7.89. The zero-order chi connectivity index (χ0) is 11.5. The monoisotopic (exact) mass is 267 g/mol. The van der Waals surface area contributed by atoms with E-state index in [1.54, 1.807) is 18.5 Å². The van der Waals surface area contributed by atoms with Gasteiger partial charge in [-0.3, -0.25) is 0 Å². The van der Waals surface area contributed by atoms with Crippen LogP contribution in [0.1, 0.15) is 18.2 Å². The number of hydrogen-bond donors (Lipinski definition) is 0. The van der Waals surface area contributed by atoms with Crippen molar-refractivity contribution in [3.63, 3.8) is 0 Å². The van der Waals surface area contributed by atoms with Crippen molar-refractivity contribution in [2.24, 2.45) is 0 Å². The van der Waals surface area contributed by atoms with E-state index in [-0.39, 0.29) is 5.88 Å². The van der Waals surface area contributed by atoms with Gasteiger partial charge < -0.3 is 0 Å². The smallest absolute Gasteiger partial charge is 0.207 e. The lowest BCUT2D eigenvalue weighted by Gasteiger charge is -2.15. The molecule has 0 fully saturated rings. The van der Waals surface area contributed by atoms with Gasteiger partial charge in [0.15, 0.2) is 0 Å². The minimum atomic E-state index is -3.34. The molecule has 86 valence electrons. The Balaban J connectivity index is 3.05. The fourth-order valence-corrected chi connectivity index (χ4v) is 4.19. The fourth-order valence-electron chi connectivity index (χ4n) is 1.26. The maximum atomic E-state index is 12.0. The molecule has 6 heteroatoms. The SMILES string of the molecule is CCCN(C)S(=O)(=O)c1ccsc1CCl. The number of thiophene rings is 1. The summed E-state index contributed by atoms with van der Waals surface area (Å²) >= 11 is 7.06. The van der Waals surface area contributed by atoms with Crippen LogP contribution in [0.5, 0.6) is 0 Å². The van der Waals surface area contributed by atoms with Crippen molar-refractivity contribution in [3.8, 4) is 0 Å². The standard InChI is InChI=1S/C9H14ClNO2S2/c1-3-5-11(2)15(12,13)9-4-6-14-8(9)7-10/h4,6H,3,5,7H2,1-2H3. The number of nitrogens with zero attached hydrogens (tertiary/aromatic N) is 1. The summed E-state index contributed by atoms with van der Waals surface area (Å²) in [6.07, 6.45) is 0.802. The van der Waals surface area contributed by atoms with Gasteiger partial charge in [-0.1, -0.05) is 6.92 Å². The molecule has 1 rings (SSSR count). The largest absolute Gasteiger partial charge is 0.243 e. The Morgan fingerprint density at radius 1 is 1.53 bits per heavy atom. The third kappa shape index (κ3) is 2.72. The number of rotatable bonds is 5. The molecule has 0 radical (unpaired) electrons. The molecular formula is C9H14ClNO2S2. The minimum absolute atomic E-state index is 0.242. The van der Waals surface area contributed by atoms with E-state index in [4.69, 9.17) is 11.6 Å². The molecule has 1 aromatic rings. The first-order chi connectivity index (χ1) is 7.04. The second-order valence-electron chi connectivity index (χ2n) is 3.17. The Morgan fingerprint density at radius 3 is 2.73 bits per heavy atom. The van der Waals surface area contributed by atoms with E-state index in [1.807, 2.05) is 6.92 Å². The average molecular weight is 268 g/mol. The van der Waals surface area contributed by atoms with Gasteiger partial charge in [-0.05, 0) is 17.9 Å². The zero-order valence-corrected chi connectivity index (χ0v) is 11.1. The molecule has 0 aliphatic heterocycles. The summed E-state index contributed by atoms with van der Waals surface area (Å²) in [4.78, 5) is 1.05. The Labute approximate surface area is 99.7 Å². The fraction of sp³-hybridized carbons (Fsp3) is 0.556. The van der Waals surface area contributed by atoms with Gasteiger partial charge in [0.1, 0.15) is 0 Å². The number of halogens is 1. The van der Waals surface area contributed by atoms with E-state index >= 15 is 0 Å². The van der Waals surface area contributed by atoms with Crippen LogP contribution in [0.4, 0.5) is 0 Å². The van der Waals surface area contributed by atoms with Gasteiger partial charge in [0.2, 0.25) is 10.0 Å². The van der Waals surface area contributed by atoms with Crippen molar-refractivity contribution < 1.29 is 8.42 Å². The van der Waals surface area contributed by atoms with Gasteiger partial charge in [-0.15, -0.1) is 22.9 Å². The molecule has 0 bridgehead atoms. The van der Waals surface area contributed by atoms with Crippen molar-refractivity contribution in [2.45, 2.75) is 24.1 Å². The molecule has 1 aromatic heterocycles. The van der Waals surface area contributed by atoms with Crippen molar-refractivity contribution in [2.75, 3.05) is 13.6 Å². The average Bonchev–Trinajstić information content (AvgIpc) is 2.66. The van der Waals surface area contributed by atoms with Crippen LogP contribution < -0.4 is 0 Å². The van der Waals surface area contributed by atoms with Crippen LogP contribution >= 0.6 is 22.9 Å². The molecule has 0 unspecified atom stereocenters. The van der Waals surface area contributed by atoms with E-state index in [0.717, 1.165) is 6.42 Å². The molecule has 0 N–H and O–H groups in total. The van der Waals surface area contributed by atoms with Crippen LogP contribution in [0.3, 0.4) is 0 Å². The summed E-state index contributed by atoms with van der Waals surface area (Å²) in [5.41, 5.74) is 0. The predicted molar refractivity (Wildman–Crippen MR) is 64.0 cm³/mol. The number of sulfonamides is 1. The van der Waals surface area contributed by atoms with Crippen LogP contribution in [0.2, 0.25) is 0 Å². The predicted octanol–water partition coefficient (Wildman–Crippen LogP) is 2.52. The van der Waals surface area contributed by atoms with Crippen LogP contribution in [-0.2, 0) is 15.9 Å². The highest BCUT2D eigenvalue weighted by atomic mass is 35.5. The Kier molecular flexibility index (Phi) is 4.58. The van der Waals surface area contributed by atoms with E-state index in [2.05, 4.69) is 0 Å². The first-order valence-electron chi connectivity index (χ1n) is 4.62. The van der Waals surface area contributed by atoms with Gasteiger partial charge in [-0.25, -0.2) is 12.7 Å². The molecule has 15 heavy (non-hydrogen) atoms. The van der Waals surface area contributed by atoms with Crippen molar-refractivity contribution in [3.05, 3.63) is 16.3 Å². The zero-order valence-electron chi connectivity index (χ0n) is 8.73. The highest BCUT2D eigenvalue weighted by Crippen LogP contribution is 2.25. The maximum absolute atomic E-state index is 12.0. The van der Waals surface area contributed by atoms with Gasteiger partial charge in [-0.2, -0.15) is 0 Å². The third-order valence-corrected chi connectivity index (χ3v) is 5.47. The van der Waals surface area contributed by atoms with Crippen LogP contribution in [0.25, 0.3) is 0 Å². The molecule has 0 aliphatic carbocycles. The molecule has 1 heterocycles. The Morgan fingerprint density at radius 2 is 2.20 bits per heavy atom. The summed E-state index contributed by atoms with van der Waals surface area (Å²) in [7, 11) is -1.75. The lowest BCUT2D eigenvalue weighted by atomic mass is 10.5. The molecule has 0 saturated heterocycles. The highest BCUT2D eigenvalue weighted by Gasteiger charge is 2.23. The van der Waals surface area contributed by atoms with Crippen LogP contribution in [-0.4, -0.2) is 26.3 Å². The molecular weight excluding hydrogens is 254 g/mol. The summed E-state index contributed by atoms with van der Waals surface area (Å²) < 4.78 is 25.4. The first-order valence-corrected chi connectivity index (χ1v) is 7.48. The normalized spacial score (nSPS) is 12.3. The second kappa shape index (κ2) is 5.30. The van der Waals surface area contributed by atoms with Crippen LogP contribution in [0.15, 0.2) is 16.3 Å².